The largest absolute Gasteiger partial charge is 0.494 e. The summed E-state index contributed by atoms with van der Waals surface area (Å²) in [5, 5.41) is 19.9. The first-order chi connectivity index (χ1) is 26.9. The molecular formula is C42H36N6O4S3. The Bertz CT molecular complexity index is 2410. The minimum absolute atomic E-state index is 0.353. The van der Waals surface area contributed by atoms with E-state index in [4.69, 9.17) is 19.7 Å². The maximum atomic E-state index is 11.3. The van der Waals surface area contributed by atoms with Crippen molar-refractivity contribution in [2.45, 2.75) is 39.5 Å². The first-order valence-corrected chi connectivity index (χ1v) is 20.2. The predicted molar refractivity (Wildman–Crippen MR) is 222 cm³/mol. The summed E-state index contributed by atoms with van der Waals surface area (Å²) in [5.74, 6) is 0.426. The van der Waals surface area contributed by atoms with Crippen LogP contribution in [0.2, 0.25) is 0 Å². The predicted octanol–water partition coefficient (Wildman–Crippen LogP) is 11.4. The molecule has 276 valence electrons. The summed E-state index contributed by atoms with van der Waals surface area (Å²) in [6.45, 7) is 5.71. The second-order valence-electron chi connectivity index (χ2n) is 12.5. The van der Waals surface area contributed by atoms with Gasteiger partial charge in [0.15, 0.2) is 0 Å². The number of thiazole rings is 2. The molecule has 13 heteroatoms. The highest BCUT2D eigenvalue weighted by Gasteiger charge is 2.19. The number of carboxylic acids is 1. The average Bonchev–Trinajstić information content (AvgIpc) is 4.01. The van der Waals surface area contributed by atoms with Crippen LogP contribution < -0.4 is 14.4 Å². The molecule has 0 saturated carbocycles. The molecule has 0 spiro atoms. The Morgan fingerprint density at radius 3 is 1.76 bits per heavy atom. The molecule has 0 radical (unpaired) electrons. The Hall–Kier alpha value is -5.94. The van der Waals surface area contributed by atoms with Gasteiger partial charge in [-0.3, -0.25) is 0 Å². The number of rotatable bonds is 16. The van der Waals surface area contributed by atoms with Crippen LogP contribution in [-0.4, -0.2) is 43.0 Å². The van der Waals surface area contributed by atoms with Crippen molar-refractivity contribution in [3.8, 4) is 49.2 Å². The molecule has 0 aliphatic heterocycles. The molecule has 3 aromatic heterocycles. The van der Waals surface area contributed by atoms with E-state index in [9.17, 15) is 9.90 Å². The summed E-state index contributed by atoms with van der Waals surface area (Å²) in [7, 11) is 0. The zero-order valence-corrected chi connectivity index (χ0v) is 32.6. The number of carboxylic acid groups (broad SMARTS) is 1. The fourth-order valence-electron chi connectivity index (χ4n) is 5.78. The SMILES string of the molecule is CCCCOc1ccc(N(c2ccc(OCCCC)cc2)c2ccc(-c3cnc(-c4ccc(-c5ncc(/C=C(\C#N)C(=O)O)s5)c5nsnc45)s3)cc2)cc1. The zero-order valence-electron chi connectivity index (χ0n) is 30.1. The number of carbonyl (C=O) groups is 1. The van der Waals surface area contributed by atoms with Crippen LogP contribution in [0.4, 0.5) is 17.1 Å². The van der Waals surface area contributed by atoms with Crippen molar-refractivity contribution in [3.63, 3.8) is 0 Å². The molecule has 0 unspecified atom stereocenters. The summed E-state index contributed by atoms with van der Waals surface area (Å²) in [5.41, 5.74) is 6.76. The number of unbranched alkanes of at least 4 members (excludes halogenated alkanes) is 2. The standard InChI is InChI=1S/C42H36N6O4S3/c1-3-5-21-51-32-15-11-30(12-16-32)48(31-13-17-33(18-14-31)52-22-6-4-2)29-9-7-27(8-10-29)37-26-45-41(54-37)36-20-19-35(38-39(36)47-55-46-38)40-44-25-34(53-40)23-28(24-43)42(49)50/h7-20,23,25-26H,3-6,21-22H2,1-2H3,(H,49,50)/b28-23+. The lowest BCUT2D eigenvalue weighted by atomic mass is 10.1. The third-order valence-corrected chi connectivity index (χ3v) is 11.3. The topological polar surface area (TPSA) is 134 Å². The lowest BCUT2D eigenvalue weighted by Gasteiger charge is -2.26. The van der Waals surface area contributed by atoms with Gasteiger partial charge in [0.05, 0.1) is 29.8 Å². The van der Waals surface area contributed by atoms with Crippen LogP contribution in [0.1, 0.15) is 44.4 Å². The molecule has 0 fully saturated rings. The maximum Gasteiger partial charge on any atom is 0.346 e. The molecule has 0 aliphatic rings. The van der Waals surface area contributed by atoms with Crippen LogP contribution in [0, 0.1) is 11.3 Å². The molecule has 0 amide bonds. The molecule has 55 heavy (non-hydrogen) atoms. The number of ether oxygens (including phenoxy) is 2. The molecular weight excluding hydrogens is 749 g/mol. The fourth-order valence-corrected chi connectivity index (χ4v) is 8.19. The van der Waals surface area contributed by atoms with Gasteiger partial charge in [0.25, 0.3) is 0 Å². The normalized spacial score (nSPS) is 11.4. The van der Waals surface area contributed by atoms with E-state index in [1.54, 1.807) is 23.6 Å². The van der Waals surface area contributed by atoms with E-state index in [1.165, 1.54) is 17.4 Å². The smallest absolute Gasteiger partial charge is 0.346 e. The Morgan fingerprint density at radius 2 is 1.25 bits per heavy atom. The minimum atomic E-state index is -1.28. The van der Waals surface area contributed by atoms with Gasteiger partial charge in [-0.05, 0) is 97.3 Å². The highest BCUT2D eigenvalue weighted by atomic mass is 32.1. The molecule has 0 bridgehead atoms. The molecule has 7 rings (SSSR count). The molecule has 3 heterocycles. The zero-order chi connectivity index (χ0) is 38.1. The van der Waals surface area contributed by atoms with Gasteiger partial charge in [-0.2, -0.15) is 14.0 Å². The van der Waals surface area contributed by atoms with Crippen molar-refractivity contribution in [2.24, 2.45) is 0 Å². The number of aromatic nitrogens is 4. The number of nitrogens with zero attached hydrogens (tertiary/aromatic N) is 6. The highest BCUT2D eigenvalue weighted by Crippen LogP contribution is 2.41. The highest BCUT2D eigenvalue weighted by molar-refractivity contribution is 7.18. The fraction of sp³-hybridized carbons (Fsp3) is 0.190. The van der Waals surface area contributed by atoms with E-state index >= 15 is 0 Å². The third-order valence-electron chi connectivity index (χ3n) is 8.68. The summed E-state index contributed by atoms with van der Waals surface area (Å²) >= 11 is 3.97. The van der Waals surface area contributed by atoms with Crippen LogP contribution >= 0.6 is 34.4 Å². The van der Waals surface area contributed by atoms with Gasteiger partial charge in [0.2, 0.25) is 0 Å². The Labute approximate surface area is 331 Å². The first kappa shape index (κ1) is 37.4. The van der Waals surface area contributed by atoms with Gasteiger partial charge in [0.1, 0.15) is 44.2 Å². The average molecular weight is 785 g/mol. The molecule has 0 atom stereocenters. The monoisotopic (exact) mass is 784 g/mol. The van der Waals surface area contributed by atoms with Crippen LogP contribution in [0.15, 0.2) is 103 Å². The lowest BCUT2D eigenvalue weighted by Crippen LogP contribution is -2.10. The molecule has 1 N–H and O–H groups in total. The molecule has 4 aromatic carbocycles. The van der Waals surface area contributed by atoms with Crippen molar-refractivity contribution >= 4 is 74.5 Å². The van der Waals surface area contributed by atoms with Gasteiger partial charge < -0.3 is 19.5 Å². The number of anilines is 3. The van der Waals surface area contributed by atoms with E-state index in [-0.39, 0.29) is 5.57 Å². The first-order valence-electron chi connectivity index (χ1n) is 17.8. The van der Waals surface area contributed by atoms with Crippen LogP contribution in [-0.2, 0) is 4.79 Å². The summed E-state index contributed by atoms with van der Waals surface area (Å²) in [4.78, 5) is 24.4. The minimum Gasteiger partial charge on any atom is -0.494 e. The van der Waals surface area contributed by atoms with Crippen LogP contribution in [0.25, 0.3) is 48.7 Å². The number of aliphatic carboxylic acids is 1. The van der Waals surface area contributed by atoms with Gasteiger partial charge in [-0.25, -0.2) is 14.8 Å². The Kier molecular flexibility index (Phi) is 11.9. The summed E-state index contributed by atoms with van der Waals surface area (Å²) in [6.07, 6.45) is 8.96. The second kappa shape index (κ2) is 17.5. The number of hydrogen-bond donors (Lipinski definition) is 1. The van der Waals surface area contributed by atoms with E-state index < -0.39 is 5.97 Å². The third kappa shape index (κ3) is 8.57. The molecule has 10 nitrogen and oxygen atoms in total. The van der Waals surface area contributed by atoms with Gasteiger partial charge in [0, 0.05) is 45.5 Å². The van der Waals surface area contributed by atoms with Gasteiger partial charge in [-0.1, -0.05) is 38.8 Å². The van der Waals surface area contributed by atoms with Crippen LogP contribution in [0.3, 0.4) is 0 Å². The number of nitriles is 1. The van der Waals surface area contributed by atoms with Crippen molar-refractivity contribution in [2.75, 3.05) is 18.1 Å². The van der Waals surface area contributed by atoms with Gasteiger partial charge in [-0.15, -0.1) is 22.7 Å². The molecule has 0 aliphatic carbocycles. The van der Waals surface area contributed by atoms with E-state index in [2.05, 4.69) is 81.0 Å². The van der Waals surface area contributed by atoms with E-state index in [0.717, 1.165) is 92.5 Å². The van der Waals surface area contributed by atoms with Crippen molar-refractivity contribution < 1.29 is 19.4 Å². The second-order valence-corrected chi connectivity index (χ2v) is 15.1. The van der Waals surface area contributed by atoms with E-state index in [1.807, 2.05) is 42.6 Å². The van der Waals surface area contributed by atoms with Crippen molar-refractivity contribution in [1.29, 1.82) is 5.26 Å². The number of fused-ring (bicyclic) bond motifs is 1. The van der Waals surface area contributed by atoms with Crippen molar-refractivity contribution in [1.82, 2.24) is 18.7 Å². The Morgan fingerprint density at radius 1 is 0.745 bits per heavy atom. The van der Waals surface area contributed by atoms with Crippen molar-refractivity contribution in [3.05, 3.63) is 108 Å². The van der Waals surface area contributed by atoms with E-state index in [0.29, 0.717) is 34.1 Å². The molecule has 0 saturated heterocycles. The van der Waals surface area contributed by atoms with Gasteiger partial charge >= 0.3 is 5.97 Å². The maximum absolute atomic E-state index is 11.3. The summed E-state index contributed by atoms with van der Waals surface area (Å²) in [6, 6.07) is 30.5. The summed E-state index contributed by atoms with van der Waals surface area (Å²) < 4.78 is 21.1. The number of benzene rings is 4. The quantitative estimate of drug-likeness (QED) is 0.0573. The number of hydrogen-bond acceptors (Lipinski definition) is 12. The molecule has 7 aromatic rings. The van der Waals surface area contributed by atoms with Crippen LogP contribution in [0.5, 0.6) is 11.5 Å². The lowest BCUT2D eigenvalue weighted by molar-refractivity contribution is -0.132. The Balaban J connectivity index is 1.14.